The maximum Gasteiger partial charge on any atom is 0.225 e. The fourth-order valence-corrected chi connectivity index (χ4v) is 3.65. The van der Waals surface area contributed by atoms with Crippen molar-refractivity contribution in [2.45, 2.75) is 25.4 Å². The van der Waals surface area contributed by atoms with E-state index < -0.39 is 0 Å². The molecule has 1 aromatic heterocycles. The van der Waals surface area contributed by atoms with E-state index in [1.165, 1.54) is 0 Å². The number of hydrogen-bond acceptors (Lipinski definition) is 6. The molecule has 3 heterocycles. The summed E-state index contributed by atoms with van der Waals surface area (Å²) in [5.74, 6) is 0.823. The largest absolute Gasteiger partial charge is 0.379 e. The molecule has 2 aliphatic heterocycles. The van der Waals surface area contributed by atoms with Crippen LogP contribution in [0.15, 0.2) is 18.5 Å². The maximum atomic E-state index is 6.09. The van der Waals surface area contributed by atoms with Gasteiger partial charge in [0.25, 0.3) is 0 Å². The minimum Gasteiger partial charge on any atom is -0.379 e. The van der Waals surface area contributed by atoms with E-state index in [0.29, 0.717) is 6.10 Å². The molecule has 0 aromatic carbocycles. The highest BCUT2D eigenvalue weighted by molar-refractivity contribution is 5.31. The molecule has 0 unspecified atom stereocenters. The van der Waals surface area contributed by atoms with Crippen molar-refractivity contribution >= 4 is 5.95 Å². The molecule has 0 spiro atoms. The Bertz CT molecular complexity index is 485. The van der Waals surface area contributed by atoms with Crippen molar-refractivity contribution in [1.29, 1.82) is 0 Å². The van der Waals surface area contributed by atoms with E-state index in [9.17, 15) is 0 Å². The third-order valence-electron chi connectivity index (χ3n) is 4.90. The first-order valence-electron chi connectivity index (χ1n) is 8.56. The van der Waals surface area contributed by atoms with Crippen LogP contribution in [0.4, 0.5) is 5.95 Å². The van der Waals surface area contributed by atoms with Crippen LogP contribution in [0.5, 0.6) is 0 Å². The fourth-order valence-electron chi connectivity index (χ4n) is 3.65. The van der Waals surface area contributed by atoms with Gasteiger partial charge in [-0.3, -0.25) is 0 Å². The van der Waals surface area contributed by atoms with Crippen molar-refractivity contribution in [1.82, 2.24) is 14.9 Å². The van der Waals surface area contributed by atoms with Gasteiger partial charge in [-0.15, -0.1) is 0 Å². The van der Waals surface area contributed by atoms with Crippen LogP contribution in [0, 0.1) is 5.41 Å². The number of aromatic nitrogens is 2. The molecule has 6 nitrogen and oxygen atoms in total. The quantitative estimate of drug-likeness (QED) is 0.739. The molecule has 6 heteroatoms. The minimum absolute atomic E-state index is 0.0714. The summed E-state index contributed by atoms with van der Waals surface area (Å²) in [6.07, 6.45) is 7.21. The Kier molecular flexibility index (Phi) is 5.46. The average molecular weight is 320 g/mol. The molecule has 1 aromatic rings. The van der Waals surface area contributed by atoms with Gasteiger partial charge in [-0.05, 0) is 39.4 Å². The first kappa shape index (κ1) is 16.6. The zero-order valence-electron chi connectivity index (χ0n) is 14.3. The molecule has 0 saturated carbocycles. The van der Waals surface area contributed by atoms with E-state index in [1.54, 1.807) is 0 Å². The average Bonchev–Trinajstić information content (AvgIpc) is 2.59. The second kappa shape index (κ2) is 7.55. The molecule has 0 N–H and O–H groups in total. The number of piperidine rings is 1. The van der Waals surface area contributed by atoms with Crippen LogP contribution in [0.3, 0.4) is 0 Å². The van der Waals surface area contributed by atoms with Crippen LogP contribution in [-0.2, 0) is 9.47 Å². The van der Waals surface area contributed by atoms with Crippen molar-refractivity contribution in [3.05, 3.63) is 18.5 Å². The molecular weight excluding hydrogens is 292 g/mol. The van der Waals surface area contributed by atoms with Crippen LogP contribution in [-0.4, -0.2) is 74.5 Å². The van der Waals surface area contributed by atoms with Gasteiger partial charge in [-0.25, -0.2) is 9.97 Å². The molecule has 2 fully saturated rings. The standard InChI is InChI=1S/C17H28N4O2/c1-20(2)10-12-22-14-17-6-3-11-23-15(17)5-9-21(13-17)16-18-7-4-8-19-16/h4,7-8,15H,3,5-6,9-14H2,1-2H3/t15-,17+/m1/s1. The summed E-state index contributed by atoms with van der Waals surface area (Å²) >= 11 is 0. The molecule has 3 rings (SSSR count). The molecule has 2 aliphatic rings. The van der Waals surface area contributed by atoms with E-state index in [0.717, 1.165) is 64.7 Å². The van der Waals surface area contributed by atoms with Gasteiger partial charge in [0.1, 0.15) is 0 Å². The summed E-state index contributed by atoms with van der Waals surface area (Å²) in [5, 5.41) is 0. The maximum absolute atomic E-state index is 6.09. The summed E-state index contributed by atoms with van der Waals surface area (Å²) in [6.45, 7) is 5.23. The Morgan fingerprint density at radius 2 is 2.22 bits per heavy atom. The van der Waals surface area contributed by atoms with E-state index in [2.05, 4.69) is 33.9 Å². The van der Waals surface area contributed by atoms with E-state index in [-0.39, 0.29) is 5.41 Å². The van der Waals surface area contributed by atoms with Crippen LogP contribution in [0.2, 0.25) is 0 Å². The van der Waals surface area contributed by atoms with Gasteiger partial charge in [-0.1, -0.05) is 0 Å². The lowest BCUT2D eigenvalue weighted by Crippen LogP contribution is -2.57. The molecule has 23 heavy (non-hydrogen) atoms. The Morgan fingerprint density at radius 1 is 1.39 bits per heavy atom. The van der Waals surface area contributed by atoms with Gasteiger partial charge in [0.15, 0.2) is 0 Å². The summed E-state index contributed by atoms with van der Waals surface area (Å²) in [5.41, 5.74) is 0.0714. The Balaban J connectivity index is 1.67. The van der Waals surface area contributed by atoms with Crippen molar-refractivity contribution in [2.24, 2.45) is 5.41 Å². The lowest BCUT2D eigenvalue weighted by atomic mass is 9.73. The Labute approximate surface area is 138 Å². The smallest absolute Gasteiger partial charge is 0.225 e. The summed E-state index contributed by atoms with van der Waals surface area (Å²) in [6, 6.07) is 1.86. The van der Waals surface area contributed by atoms with Crippen molar-refractivity contribution in [3.63, 3.8) is 0 Å². The topological polar surface area (TPSA) is 50.7 Å². The normalized spacial score (nSPS) is 28.0. The highest BCUT2D eigenvalue weighted by atomic mass is 16.5. The molecule has 0 bridgehead atoms. The molecule has 2 atom stereocenters. The Hall–Kier alpha value is -1.24. The number of rotatable bonds is 6. The molecule has 0 amide bonds. The summed E-state index contributed by atoms with van der Waals surface area (Å²) in [7, 11) is 4.15. The van der Waals surface area contributed by atoms with Gasteiger partial charge in [0, 0.05) is 44.0 Å². The minimum atomic E-state index is 0.0714. The molecule has 2 saturated heterocycles. The third-order valence-corrected chi connectivity index (χ3v) is 4.90. The highest BCUT2D eigenvalue weighted by Crippen LogP contribution is 2.41. The van der Waals surface area contributed by atoms with Crippen LogP contribution < -0.4 is 4.90 Å². The van der Waals surface area contributed by atoms with Gasteiger partial charge in [-0.2, -0.15) is 0 Å². The number of likely N-dealkylation sites (N-methyl/N-ethyl adjacent to an activating group) is 1. The molecular formula is C17H28N4O2. The van der Waals surface area contributed by atoms with Gasteiger partial charge >= 0.3 is 0 Å². The lowest BCUT2D eigenvalue weighted by molar-refractivity contribution is -0.125. The van der Waals surface area contributed by atoms with Crippen LogP contribution >= 0.6 is 0 Å². The van der Waals surface area contributed by atoms with Gasteiger partial charge in [0.05, 0.1) is 19.3 Å². The first-order chi connectivity index (χ1) is 11.2. The molecule has 0 aliphatic carbocycles. The Morgan fingerprint density at radius 3 is 3.00 bits per heavy atom. The van der Waals surface area contributed by atoms with E-state index in [4.69, 9.17) is 9.47 Å². The van der Waals surface area contributed by atoms with Crippen LogP contribution in [0.25, 0.3) is 0 Å². The summed E-state index contributed by atoms with van der Waals surface area (Å²) < 4.78 is 12.1. The van der Waals surface area contributed by atoms with E-state index in [1.807, 2.05) is 18.5 Å². The predicted molar refractivity (Wildman–Crippen MR) is 89.6 cm³/mol. The number of nitrogens with zero attached hydrogens (tertiary/aromatic N) is 4. The monoisotopic (exact) mass is 320 g/mol. The van der Waals surface area contributed by atoms with Crippen molar-refractivity contribution in [2.75, 3.05) is 58.5 Å². The zero-order chi connectivity index (χ0) is 16.1. The molecule has 0 radical (unpaired) electrons. The summed E-state index contributed by atoms with van der Waals surface area (Å²) in [4.78, 5) is 13.3. The number of hydrogen-bond donors (Lipinski definition) is 0. The first-order valence-corrected chi connectivity index (χ1v) is 8.56. The SMILES string of the molecule is CN(C)CCOC[C@@]12CCCO[C@@H]1CCN(c1ncccn1)C2. The second-order valence-electron chi connectivity index (χ2n) is 6.94. The second-order valence-corrected chi connectivity index (χ2v) is 6.94. The number of anilines is 1. The lowest BCUT2D eigenvalue weighted by Gasteiger charge is -2.50. The number of fused-ring (bicyclic) bond motifs is 1. The van der Waals surface area contributed by atoms with Gasteiger partial charge < -0.3 is 19.3 Å². The van der Waals surface area contributed by atoms with Crippen molar-refractivity contribution in [3.8, 4) is 0 Å². The third kappa shape index (κ3) is 4.00. The fraction of sp³-hybridized carbons (Fsp3) is 0.765. The highest BCUT2D eigenvalue weighted by Gasteiger charge is 2.46. The molecule has 128 valence electrons. The van der Waals surface area contributed by atoms with E-state index >= 15 is 0 Å². The zero-order valence-corrected chi connectivity index (χ0v) is 14.3. The number of ether oxygens (including phenoxy) is 2. The van der Waals surface area contributed by atoms with Crippen LogP contribution in [0.1, 0.15) is 19.3 Å². The predicted octanol–water partition coefficient (Wildman–Crippen LogP) is 1.43. The van der Waals surface area contributed by atoms with Crippen molar-refractivity contribution < 1.29 is 9.47 Å². The van der Waals surface area contributed by atoms with Gasteiger partial charge in [0.2, 0.25) is 5.95 Å².